The monoisotopic (exact) mass is 244 g/mol. The Labute approximate surface area is 105 Å². The fraction of sp³-hybridized carbons (Fsp3) is 0.923. The number of nitrogens with two attached hydrogens (primary N) is 1. The summed E-state index contributed by atoms with van der Waals surface area (Å²) in [7, 11) is 0. The Kier molecular flexibility index (Phi) is 9.09. The van der Waals surface area contributed by atoms with E-state index in [1.54, 1.807) is 0 Å². The molecule has 2 atom stereocenters. The number of carbonyl (C=O) groups is 1. The van der Waals surface area contributed by atoms with E-state index in [2.05, 4.69) is 26.1 Å². The second-order valence-electron chi connectivity index (χ2n) is 5.15. The van der Waals surface area contributed by atoms with Gasteiger partial charge in [0.05, 0.1) is 6.04 Å². The molecule has 102 valence electrons. The highest BCUT2D eigenvalue weighted by molar-refractivity contribution is 5.81. The van der Waals surface area contributed by atoms with Crippen molar-refractivity contribution >= 4 is 5.91 Å². The van der Waals surface area contributed by atoms with Crippen LogP contribution in [0.5, 0.6) is 0 Å². The molecule has 0 bridgehead atoms. The fourth-order valence-corrected chi connectivity index (χ4v) is 1.93. The second-order valence-corrected chi connectivity index (χ2v) is 5.15. The van der Waals surface area contributed by atoms with Crippen molar-refractivity contribution in [1.82, 2.24) is 5.32 Å². The second kappa shape index (κ2) is 9.42. The maximum Gasteiger partial charge on any atom is 0.236 e. The molecule has 0 saturated heterocycles. The Hall–Kier alpha value is -0.610. The molecule has 0 rings (SSSR count). The molecule has 0 radical (unpaired) electrons. The average molecular weight is 244 g/mol. The molecule has 17 heavy (non-hydrogen) atoms. The minimum atomic E-state index is -0.411. The van der Waals surface area contributed by atoms with Gasteiger partial charge in [0.25, 0.3) is 0 Å². The molecule has 0 heterocycles. The van der Waals surface area contributed by atoms with Crippen molar-refractivity contribution in [1.29, 1.82) is 0 Å². The number of amides is 1. The Morgan fingerprint density at radius 3 is 2.47 bits per heavy atom. The van der Waals surface area contributed by atoms with Crippen LogP contribution < -0.4 is 11.1 Å². The highest BCUT2D eigenvalue weighted by Gasteiger charge is 2.16. The van der Waals surface area contributed by atoms with Crippen molar-refractivity contribution < 1.29 is 9.90 Å². The van der Waals surface area contributed by atoms with Crippen LogP contribution in [0.3, 0.4) is 0 Å². The summed E-state index contributed by atoms with van der Waals surface area (Å²) in [4.78, 5) is 11.7. The van der Waals surface area contributed by atoms with Gasteiger partial charge in [0.1, 0.15) is 0 Å². The largest absolute Gasteiger partial charge is 0.396 e. The molecular formula is C13H28N2O2. The number of rotatable bonds is 9. The molecule has 0 aliphatic heterocycles. The van der Waals surface area contributed by atoms with Crippen LogP contribution >= 0.6 is 0 Å². The summed E-state index contributed by atoms with van der Waals surface area (Å²) in [5.41, 5.74) is 5.79. The lowest BCUT2D eigenvalue weighted by molar-refractivity contribution is -0.122. The van der Waals surface area contributed by atoms with Crippen molar-refractivity contribution in [3.05, 3.63) is 0 Å². The van der Waals surface area contributed by atoms with Gasteiger partial charge in [-0.25, -0.2) is 0 Å². The van der Waals surface area contributed by atoms with Gasteiger partial charge in [-0.2, -0.15) is 0 Å². The molecule has 1 amide bonds. The Bertz CT molecular complexity index is 202. The number of hydrogen-bond acceptors (Lipinski definition) is 3. The first-order valence-corrected chi connectivity index (χ1v) is 6.65. The molecule has 1 unspecified atom stereocenters. The van der Waals surface area contributed by atoms with Gasteiger partial charge in [0.15, 0.2) is 0 Å². The summed E-state index contributed by atoms with van der Waals surface area (Å²) in [5, 5.41) is 11.8. The van der Waals surface area contributed by atoms with Crippen molar-refractivity contribution in [2.45, 2.75) is 52.5 Å². The zero-order chi connectivity index (χ0) is 13.3. The molecular weight excluding hydrogens is 216 g/mol. The summed E-state index contributed by atoms with van der Waals surface area (Å²) in [6, 6.07) is -0.411. The quantitative estimate of drug-likeness (QED) is 0.572. The molecule has 0 aromatic heterocycles. The molecule has 4 nitrogen and oxygen atoms in total. The van der Waals surface area contributed by atoms with E-state index in [9.17, 15) is 4.79 Å². The van der Waals surface area contributed by atoms with E-state index in [0.29, 0.717) is 24.8 Å². The van der Waals surface area contributed by atoms with Crippen molar-refractivity contribution in [2.24, 2.45) is 17.6 Å². The van der Waals surface area contributed by atoms with Gasteiger partial charge < -0.3 is 16.2 Å². The molecule has 4 heteroatoms. The standard InChI is InChI=1S/C13H28N2O2/c1-4-5-11(6-7-16)9-15-13(17)12(14)8-10(2)3/h10-12,16H,4-9,14H2,1-3H3,(H,15,17)/t11?,12-/m1/s1. The molecule has 0 aliphatic rings. The number of carbonyl (C=O) groups excluding carboxylic acids is 1. The van der Waals surface area contributed by atoms with Gasteiger partial charge in [-0.05, 0) is 31.1 Å². The molecule has 4 N–H and O–H groups in total. The average Bonchev–Trinajstić information content (AvgIpc) is 2.25. The molecule has 0 aliphatic carbocycles. The van der Waals surface area contributed by atoms with E-state index >= 15 is 0 Å². The van der Waals surface area contributed by atoms with Crippen LogP contribution in [-0.2, 0) is 4.79 Å². The van der Waals surface area contributed by atoms with Gasteiger partial charge in [-0.1, -0.05) is 27.2 Å². The zero-order valence-corrected chi connectivity index (χ0v) is 11.4. The van der Waals surface area contributed by atoms with Crippen LogP contribution in [0.4, 0.5) is 0 Å². The van der Waals surface area contributed by atoms with Gasteiger partial charge in [0.2, 0.25) is 5.91 Å². The molecule has 0 aromatic rings. The Morgan fingerprint density at radius 1 is 1.35 bits per heavy atom. The van der Waals surface area contributed by atoms with Crippen molar-refractivity contribution in [3.8, 4) is 0 Å². The summed E-state index contributed by atoms with van der Waals surface area (Å²) in [6.45, 7) is 7.02. The predicted octanol–water partition coefficient (Wildman–Crippen LogP) is 1.27. The number of hydrogen-bond donors (Lipinski definition) is 3. The first-order valence-electron chi connectivity index (χ1n) is 6.65. The number of nitrogens with one attached hydrogen (secondary N) is 1. The first-order chi connectivity index (χ1) is 8.01. The summed E-state index contributed by atoms with van der Waals surface area (Å²) < 4.78 is 0. The minimum absolute atomic E-state index is 0.0715. The van der Waals surface area contributed by atoms with Crippen LogP contribution in [0.1, 0.15) is 46.5 Å². The highest BCUT2D eigenvalue weighted by atomic mass is 16.3. The third-order valence-corrected chi connectivity index (χ3v) is 2.86. The van der Waals surface area contributed by atoms with Crippen molar-refractivity contribution in [2.75, 3.05) is 13.2 Å². The summed E-state index contributed by atoms with van der Waals surface area (Å²) in [6.07, 6.45) is 3.55. The topological polar surface area (TPSA) is 75.3 Å². The normalized spacial score (nSPS) is 14.7. The van der Waals surface area contributed by atoms with E-state index in [1.165, 1.54) is 0 Å². The Balaban J connectivity index is 3.93. The Morgan fingerprint density at radius 2 is 2.00 bits per heavy atom. The predicted molar refractivity (Wildman–Crippen MR) is 70.5 cm³/mol. The fourth-order valence-electron chi connectivity index (χ4n) is 1.93. The lowest BCUT2D eigenvalue weighted by Gasteiger charge is -2.18. The van der Waals surface area contributed by atoms with Crippen LogP contribution in [0, 0.1) is 11.8 Å². The molecule has 0 saturated carbocycles. The minimum Gasteiger partial charge on any atom is -0.396 e. The van der Waals surface area contributed by atoms with Gasteiger partial charge in [0, 0.05) is 13.2 Å². The van der Waals surface area contributed by atoms with Crippen molar-refractivity contribution in [3.63, 3.8) is 0 Å². The van der Waals surface area contributed by atoms with Crippen LogP contribution in [0.25, 0.3) is 0 Å². The number of aliphatic hydroxyl groups is 1. The van der Waals surface area contributed by atoms with E-state index in [0.717, 1.165) is 19.3 Å². The van der Waals surface area contributed by atoms with E-state index in [4.69, 9.17) is 10.8 Å². The van der Waals surface area contributed by atoms with Crippen LogP contribution in [0.15, 0.2) is 0 Å². The van der Waals surface area contributed by atoms with Crippen LogP contribution in [-0.4, -0.2) is 30.2 Å². The smallest absolute Gasteiger partial charge is 0.236 e. The van der Waals surface area contributed by atoms with Gasteiger partial charge in [-0.3, -0.25) is 4.79 Å². The lowest BCUT2D eigenvalue weighted by Crippen LogP contribution is -2.43. The van der Waals surface area contributed by atoms with E-state index < -0.39 is 6.04 Å². The third-order valence-electron chi connectivity index (χ3n) is 2.86. The highest BCUT2D eigenvalue weighted by Crippen LogP contribution is 2.09. The molecule has 0 spiro atoms. The maximum absolute atomic E-state index is 11.7. The van der Waals surface area contributed by atoms with E-state index in [-0.39, 0.29) is 12.5 Å². The number of aliphatic hydroxyl groups excluding tert-OH is 1. The third kappa shape index (κ3) is 8.16. The SMILES string of the molecule is CCCC(CCO)CNC(=O)[C@H](N)CC(C)C. The molecule has 0 aromatic carbocycles. The molecule has 0 fully saturated rings. The van der Waals surface area contributed by atoms with Gasteiger partial charge >= 0.3 is 0 Å². The van der Waals surface area contributed by atoms with Crippen LogP contribution in [0.2, 0.25) is 0 Å². The summed E-state index contributed by atoms with van der Waals surface area (Å²) >= 11 is 0. The van der Waals surface area contributed by atoms with Gasteiger partial charge in [-0.15, -0.1) is 0 Å². The van der Waals surface area contributed by atoms with E-state index in [1.807, 2.05) is 0 Å². The first kappa shape index (κ1) is 16.4. The summed E-state index contributed by atoms with van der Waals surface area (Å²) in [5.74, 6) is 0.720. The zero-order valence-electron chi connectivity index (χ0n) is 11.4. The maximum atomic E-state index is 11.7. The lowest BCUT2D eigenvalue weighted by atomic mass is 9.99.